The van der Waals surface area contributed by atoms with Crippen molar-refractivity contribution in [3.05, 3.63) is 59.2 Å². The van der Waals surface area contributed by atoms with Gasteiger partial charge in [-0.3, -0.25) is 5.41 Å². The van der Waals surface area contributed by atoms with Crippen LogP contribution in [0.4, 0.5) is 11.4 Å². The van der Waals surface area contributed by atoms with Gasteiger partial charge in [-0.15, -0.1) is 12.4 Å². The first kappa shape index (κ1) is 21.6. The molecule has 1 aliphatic carbocycles. The molecule has 0 radical (unpaired) electrons. The number of halogens is 1. The number of aryl methyl sites for hydroxylation is 1. The Morgan fingerprint density at radius 2 is 1.79 bits per heavy atom. The Kier molecular flexibility index (Phi) is 7.29. The van der Waals surface area contributed by atoms with Gasteiger partial charge in [0, 0.05) is 23.0 Å². The molecule has 1 fully saturated rings. The molecule has 0 saturated heterocycles. The molecule has 1 atom stereocenters. The van der Waals surface area contributed by atoms with E-state index in [4.69, 9.17) is 11.1 Å². The van der Waals surface area contributed by atoms with E-state index in [0.29, 0.717) is 22.9 Å². The van der Waals surface area contributed by atoms with Crippen molar-refractivity contribution in [2.24, 2.45) is 5.73 Å². The molecule has 1 unspecified atom stereocenters. The van der Waals surface area contributed by atoms with Gasteiger partial charge in [-0.2, -0.15) is 0 Å². The molecule has 7 heteroatoms. The van der Waals surface area contributed by atoms with E-state index in [1.807, 2.05) is 25.1 Å². The van der Waals surface area contributed by atoms with Crippen LogP contribution in [0.15, 0.2) is 42.5 Å². The molecule has 1 saturated carbocycles. The first-order valence-electron chi connectivity index (χ1n) is 9.22. The van der Waals surface area contributed by atoms with Gasteiger partial charge < -0.3 is 26.3 Å². The number of nitrogens with one attached hydrogen (secondary N) is 3. The lowest BCUT2D eigenvalue weighted by molar-refractivity contribution is -0.307. The molecule has 28 heavy (non-hydrogen) atoms. The number of carbonyl (C=O) groups is 1. The third kappa shape index (κ3) is 5.39. The largest absolute Gasteiger partial charge is 0.548 e. The number of carboxylic acids is 1. The fourth-order valence-electron chi connectivity index (χ4n) is 3.56. The average molecular weight is 402 g/mol. The molecule has 6 nitrogen and oxygen atoms in total. The number of nitrogen functional groups attached to an aromatic ring is 1. The summed E-state index contributed by atoms with van der Waals surface area (Å²) in [6.07, 6.45) is 4.76. The van der Waals surface area contributed by atoms with E-state index in [1.165, 1.54) is 12.8 Å². The highest BCUT2D eigenvalue weighted by Crippen LogP contribution is 2.27. The number of hydrogen-bond donors (Lipinski definition) is 4. The first-order chi connectivity index (χ1) is 12.9. The summed E-state index contributed by atoms with van der Waals surface area (Å²) in [6, 6.07) is 12.0. The van der Waals surface area contributed by atoms with Crippen LogP contribution in [0.2, 0.25) is 0 Å². The zero-order valence-corrected chi connectivity index (χ0v) is 16.6. The predicted octanol–water partition coefficient (Wildman–Crippen LogP) is 2.96. The maximum atomic E-state index is 11.8. The van der Waals surface area contributed by atoms with Crippen LogP contribution in [0.25, 0.3) is 0 Å². The Hall–Kier alpha value is -2.73. The fourth-order valence-corrected chi connectivity index (χ4v) is 3.56. The Bertz CT molecular complexity index is 833. The highest BCUT2D eigenvalue weighted by molar-refractivity contribution is 5.95. The minimum atomic E-state index is -1.19. The van der Waals surface area contributed by atoms with Gasteiger partial charge in [0.25, 0.3) is 0 Å². The number of hydrogen-bond acceptors (Lipinski definition) is 5. The minimum absolute atomic E-state index is 0. The van der Waals surface area contributed by atoms with E-state index in [-0.39, 0.29) is 18.2 Å². The highest BCUT2D eigenvalue weighted by Gasteiger charge is 2.17. The zero-order valence-electron chi connectivity index (χ0n) is 15.8. The van der Waals surface area contributed by atoms with E-state index < -0.39 is 12.0 Å². The fraction of sp³-hybridized carbons (Fsp3) is 0.333. The number of rotatable bonds is 7. The molecule has 0 bridgehead atoms. The second kappa shape index (κ2) is 9.46. The van der Waals surface area contributed by atoms with Gasteiger partial charge in [-0.25, -0.2) is 0 Å². The summed E-state index contributed by atoms with van der Waals surface area (Å²) in [4.78, 5) is 11.8. The van der Waals surface area contributed by atoms with Gasteiger partial charge in [0.2, 0.25) is 0 Å². The third-order valence-corrected chi connectivity index (χ3v) is 4.90. The second-order valence-electron chi connectivity index (χ2n) is 7.15. The molecule has 0 aromatic heterocycles. The minimum Gasteiger partial charge on any atom is -0.548 e. The number of anilines is 2. The molecule has 0 amide bonds. The molecule has 3 rings (SSSR count). The summed E-state index contributed by atoms with van der Waals surface area (Å²) in [5, 5.41) is 25.8. The highest BCUT2D eigenvalue weighted by atomic mass is 35.5. The van der Waals surface area contributed by atoms with Crippen molar-refractivity contribution in [3.8, 4) is 0 Å². The van der Waals surface area contributed by atoms with Crippen molar-refractivity contribution in [1.82, 2.24) is 0 Å². The Balaban J connectivity index is 0.00000280. The Labute approximate surface area is 171 Å². The second-order valence-corrected chi connectivity index (χ2v) is 7.15. The van der Waals surface area contributed by atoms with Crippen LogP contribution >= 0.6 is 12.4 Å². The maximum absolute atomic E-state index is 11.8. The van der Waals surface area contributed by atoms with Crippen molar-refractivity contribution < 1.29 is 9.90 Å². The van der Waals surface area contributed by atoms with Crippen molar-refractivity contribution in [2.75, 3.05) is 10.6 Å². The number of amidine groups is 1. The van der Waals surface area contributed by atoms with E-state index >= 15 is 0 Å². The zero-order chi connectivity index (χ0) is 19.4. The first-order valence-corrected chi connectivity index (χ1v) is 9.22. The van der Waals surface area contributed by atoms with Crippen molar-refractivity contribution in [1.29, 1.82) is 5.41 Å². The lowest BCUT2D eigenvalue weighted by Gasteiger charge is -2.23. The molecule has 150 valence electrons. The molecule has 2 aromatic carbocycles. The lowest BCUT2D eigenvalue weighted by atomic mass is 10.0. The molecular weight excluding hydrogens is 376 g/mol. The SMILES string of the molecule is Cc1cc(NC2CCCC2)cc(C(Nc2ccc(C(=N)N)cc2)C(=O)[O-])c1.Cl. The van der Waals surface area contributed by atoms with Crippen LogP contribution in [-0.2, 0) is 4.79 Å². The van der Waals surface area contributed by atoms with Gasteiger partial charge in [-0.1, -0.05) is 18.9 Å². The molecule has 5 N–H and O–H groups in total. The molecule has 1 aliphatic rings. The quantitative estimate of drug-likeness (QED) is 0.420. The molecule has 0 spiro atoms. The standard InChI is InChI=1S/C21H26N4O2.ClH/c1-13-10-15(12-18(11-13)24-16-4-2-3-5-16)19(21(26)27)25-17-8-6-14(7-9-17)20(22)23;/h6-12,16,19,24-25H,2-5H2,1H3,(H3,22,23)(H,26,27);1H/p-1. The van der Waals surface area contributed by atoms with Crippen molar-refractivity contribution >= 4 is 35.6 Å². The third-order valence-electron chi connectivity index (χ3n) is 4.90. The Morgan fingerprint density at radius 3 is 2.36 bits per heavy atom. The number of aliphatic carboxylic acids is 1. The smallest absolute Gasteiger partial charge is 0.122 e. The monoisotopic (exact) mass is 401 g/mol. The van der Waals surface area contributed by atoms with Gasteiger partial charge in [0.1, 0.15) is 5.84 Å². The van der Waals surface area contributed by atoms with Crippen LogP contribution in [-0.4, -0.2) is 17.8 Å². The van der Waals surface area contributed by atoms with Crippen molar-refractivity contribution in [2.45, 2.75) is 44.7 Å². The van der Waals surface area contributed by atoms with Gasteiger partial charge in [-0.05, 0) is 67.3 Å². The number of carbonyl (C=O) groups excluding carboxylic acids is 1. The summed E-state index contributed by atoms with van der Waals surface area (Å²) in [7, 11) is 0. The Morgan fingerprint density at radius 1 is 1.14 bits per heavy atom. The van der Waals surface area contributed by atoms with Gasteiger partial charge in [0.05, 0.1) is 12.0 Å². The van der Waals surface area contributed by atoms with E-state index in [2.05, 4.69) is 10.6 Å². The predicted molar refractivity (Wildman–Crippen MR) is 113 cm³/mol. The van der Waals surface area contributed by atoms with Crippen LogP contribution in [0.1, 0.15) is 48.4 Å². The summed E-state index contributed by atoms with van der Waals surface area (Å²) in [5.74, 6) is -1.22. The molecule has 0 aliphatic heterocycles. The lowest BCUT2D eigenvalue weighted by Crippen LogP contribution is -2.34. The average Bonchev–Trinajstić information content (AvgIpc) is 3.12. The van der Waals surface area contributed by atoms with E-state index in [9.17, 15) is 9.90 Å². The van der Waals surface area contributed by atoms with Crippen LogP contribution in [0.3, 0.4) is 0 Å². The molecule has 2 aromatic rings. The normalized spacial score (nSPS) is 14.8. The summed E-state index contributed by atoms with van der Waals surface area (Å²) in [5.41, 5.74) is 9.25. The number of nitrogens with two attached hydrogens (primary N) is 1. The summed E-state index contributed by atoms with van der Waals surface area (Å²) >= 11 is 0. The number of benzene rings is 2. The van der Waals surface area contributed by atoms with Crippen LogP contribution < -0.4 is 21.5 Å². The van der Waals surface area contributed by atoms with Gasteiger partial charge in [0.15, 0.2) is 0 Å². The van der Waals surface area contributed by atoms with E-state index in [0.717, 1.165) is 24.1 Å². The van der Waals surface area contributed by atoms with E-state index in [1.54, 1.807) is 24.3 Å². The van der Waals surface area contributed by atoms with Gasteiger partial charge >= 0.3 is 0 Å². The number of carboxylic acid groups (broad SMARTS) is 1. The van der Waals surface area contributed by atoms with Crippen LogP contribution in [0.5, 0.6) is 0 Å². The summed E-state index contributed by atoms with van der Waals surface area (Å²) < 4.78 is 0. The molecule has 0 heterocycles. The van der Waals surface area contributed by atoms with Crippen LogP contribution in [0, 0.1) is 12.3 Å². The molecular formula is C21H26ClN4O2-. The van der Waals surface area contributed by atoms with Crippen molar-refractivity contribution in [3.63, 3.8) is 0 Å². The maximum Gasteiger partial charge on any atom is 0.122 e. The summed E-state index contributed by atoms with van der Waals surface area (Å²) in [6.45, 7) is 1.96. The topological polar surface area (TPSA) is 114 Å².